The van der Waals surface area contributed by atoms with Gasteiger partial charge in [-0.25, -0.2) is 4.98 Å². The Labute approximate surface area is 122 Å². The summed E-state index contributed by atoms with van der Waals surface area (Å²) in [6, 6.07) is 0. The summed E-state index contributed by atoms with van der Waals surface area (Å²) in [4.78, 5) is 15.1. The number of thiazole rings is 1. The first kappa shape index (κ1) is 15.6. The fourth-order valence-corrected chi connectivity index (χ4v) is 2.57. The minimum Gasteiger partial charge on any atom is -0.510 e. The number of alkyl halides is 3. The van der Waals surface area contributed by atoms with Crippen LogP contribution in [-0.4, -0.2) is 15.9 Å². The summed E-state index contributed by atoms with van der Waals surface area (Å²) in [5.41, 5.74) is -1.64. The van der Waals surface area contributed by atoms with Crippen molar-refractivity contribution in [2.75, 3.05) is 0 Å². The second kappa shape index (κ2) is 5.21. The van der Waals surface area contributed by atoms with E-state index in [1.165, 1.54) is 0 Å². The summed E-state index contributed by atoms with van der Waals surface area (Å²) in [7, 11) is 0. The first-order valence-corrected chi connectivity index (χ1v) is 6.86. The van der Waals surface area contributed by atoms with Crippen LogP contribution in [0.4, 0.5) is 18.3 Å². The predicted octanol–water partition coefficient (Wildman–Crippen LogP) is 4.40. The van der Waals surface area contributed by atoms with Crippen molar-refractivity contribution in [3.63, 3.8) is 0 Å². The number of aliphatic hydroxyl groups is 1. The highest BCUT2D eigenvalue weighted by atomic mass is 32.1. The van der Waals surface area contributed by atoms with Gasteiger partial charge < -0.3 is 5.11 Å². The minimum absolute atomic E-state index is 0.192. The Morgan fingerprint density at radius 1 is 1.33 bits per heavy atom. The van der Waals surface area contributed by atoms with Crippen molar-refractivity contribution >= 4 is 22.3 Å². The van der Waals surface area contributed by atoms with Gasteiger partial charge in [0.05, 0.1) is 0 Å². The molecule has 0 fully saturated rings. The maximum absolute atomic E-state index is 12.4. The van der Waals surface area contributed by atoms with Crippen molar-refractivity contribution in [2.24, 2.45) is 15.6 Å². The maximum atomic E-state index is 12.4. The van der Waals surface area contributed by atoms with Gasteiger partial charge in [0.2, 0.25) is 5.13 Å². The third kappa shape index (κ3) is 3.66. The average molecular weight is 319 g/mol. The van der Waals surface area contributed by atoms with Crippen LogP contribution < -0.4 is 0 Å². The molecule has 21 heavy (non-hydrogen) atoms. The van der Waals surface area contributed by atoms with E-state index in [4.69, 9.17) is 0 Å². The molecule has 9 heteroatoms. The lowest BCUT2D eigenvalue weighted by Crippen LogP contribution is -2.25. The molecule has 0 bridgehead atoms. The van der Waals surface area contributed by atoms with Gasteiger partial charge >= 0.3 is 6.18 Å². The van der Waals surface area contributed by atoms with Gasteiger partial charge in [-0.2, -0.15) is 13.2 Å². The van der Waals surface area contributed by atoms with Crippen LogP contribution in [0.3, 0.4) is 0 Å². The molecule has 0 unspecified atom stereocenters. The van der Waals surface area contributed by atoms with E-state index in [9.17, 15) is 23.1 Å². The summed E-state index contributed by atoms with van der Waals surface area (Å²) in [5, 5.41) is 17.5. The highest BCUT2D eigenvalue weighted by Gasteiger charge is 2.35. The zero-order chi connectivity index (χ0) is 15.8. The first-order chi connectivity index (χ1) is 9.58. The van der Waals surface area contributed by atoms with Crippen LogP contribution in [0.2, 0.25) is 0 Å². The van der Waals surface area contributed by atoms with Crippen LogP contribution >= 0.6 is 11.3 Å². The third-order valence-corrected chi connectivity index (χ3v) is 3.57. The molecule has 0 saturated carbocycles. The highest BCUT2D eigenvalue weighted by molar-refractivity contribution is 7.13. The van der Waals surface area contributed by atoms with E-state index in [-0.39, 0.29) is 40.6 Å². The molecule has 0 aromatic carbocycles. The number of nitrogens with zero attached hydrogens (tertiary/aromatic N) is 3. The Morgan fingerprint density at radius 2 is 2.00 bits per heavy atom. The maximum Gasteiger partial charge on any atom is 0.434 e. The van der Waals surface area contributed by atoms with E-state index in [0.29, 0.717) is 11.3 Å². The molecule has 0 atom stereocenters. The van der Waals surface area contributed by atoms with Crippen LogP contribution in [0, 0.1) is 5.41 Å². The summed E-state index contributed by atoms with van der Waals surface area (Å²) < 4.78 is 37.1. The summed E-state index contributed by atoms with van der Waals surface area (Å²) in [6.07, 6.45) is -4.09. The Morgan fingerprint density at radius 3 is 2.52 bits per heavy atom. The van der Waals surface area contributed by atoms with E-state index in [2.05, 4.69) is 15.2 Å². The van der Waals surface area contributed by atoms with E-state index < -0.39 is 11.9 Å². The van der Waals surface area contributed by atoms with Gasteiger partial charge in [-0.15, -0.1) is 21.6 Å². The molecule has 1 aromatic rings. The number of halogens is 3. The van der Waals surface area contributed by atoms with Crippen LogP contribution in [0.25, 0.3) is 0 Å². The van der Waals surface area contributed by atoms with E-state index in [0.717, 1.165) is 5.38 Å². The van der Waals surface area contributed by atoms with E-state index >= 15 is 0 Å². The van der Waals surface area contributed by atoms with Crippen molar-refractivity contribution < 1.29 is 23.1 Å². The lowest BCUT2D eigenvalue weighted by atomic mass is 9.78. The van der Waals surface area contributed by atoms with Gasteiger partial charge in [0, 0.05) is 18.2 Å². The Kier molecular flexibility index (Phi) is 3.87. The zero-order valence-electron chi connectivity index (χ0n) is 11.2. The minimum atomic E-state index is -4.55. The average Bonchev–Trinajstić information content (AvgIpc) is 2.74. The van der Waals surface area contributed by atoms with E-state index in [1.54, 1.807) is 0 Å². The zero-order valence-corrected chi connectivity index (χ0v) is 12.0. The number of Topliss-reactive ketones (excluding diaryl/α,β-unsaturated/α-hetero) is 1. The van der Waals surface area contributed by atoms with Crippen LogP contribution in [0.1, 0.15) is 32.4 Å². The number of ketones is 1. The lowest BCUT2D eigenvalue weighted by molar-refractivity contribution is -0.140. The number of rotatable bonds is 2. The van der Waals surface area contributed by atoms with Gasteiger partial charge in [-0.1, -0.05) is 13.8 Å². The van der Waals surface area contributed by atoms with Crippen LogP contribution in [-0.2, 0) is 11.0 Å². The molecule has 0 aliphatic heterocycles. The van der Waals surface area contributed by atoms with Crippen molar-refractivity contribution in [3.05, 3.63) is 22.5 Å². The van der Waals surface area contributed by atoms with Crippen LogP contribution in [0.15, 0.2) is 27.1 Å². The summed E-state index contributed by atoms with van der Waals surface area (Å²) in [6.45, 7) is 3.65. The number of azo groups is 1. The third-order valence-electron chi connectivity index (χ3n) is 2.84. The van der Waals surface area contributed by atoms with Crippen LogP contribution in [0.5, 0.6) is 0 Å². The molecular weight excluding hydrogens is 307 g/mol. The van der Waals surface area contributed by atoms with Gasteiger partial charge in [0.25, 0.3) is 0 Å². The standard InChI is InChI=1S/C12H12F3N3O2S/c1-11(2)3-6(19)9(7(20)4-11)17-18-10-16-8(5-21-10)12(13,14)15/h5,19H,3-4H2,1-2H3. The molecule has 1 heterocycles. The Bertz CT molecular complexity index is 632. The number of hydrogen-bond acceptors (Lipinski definition) is 6. The smallest absolute Gasteiger partial charge is 0.434 e. The molecule has 0 amide bonds. The number of carbonyl (C=O) groups excluding carboxylic acids is 1. The number of carbonyl (C=O) groups is 1. The highest BCUT2D eigenvalue weighted by Crippen LogP contribution is 2.37. The largest absolute Gasteiger partial charge is 0.510 e. The molecule has 1 aromatic heterocycles. The second-order valence-electron chi connectivity index (χ2n) is 5.45. The summed E-state index contributed by atoms with van der Waals surface area (Å²) in [5.74, 6) is -0.590. The second-order valence-corrected chi connectivity index (χ2v) is 6.29. The van der Waals surface area contributed by atoms with Crippen molar-refractivity contribution in [2.45, 2.75) is 32.9 Å². The van der Waals surface area contributed by atoms with Crippen molar-refractivity contribution in [1.29, 1.82) is 0 Å². The quantitative estimate of drug-likeness (QED) is 0.821. The van der Waals surface area contributed by atoms with Crippen molar-refractivity contribution in [1.82, 2.24) is 4.98 Å². The monoisotopic (exact) mass is 319 g/mol. The fourth-order valence-electron chi connectivity index (χ4n) is 1.93. The van der Waals surface area contributed by atoms with E-state index in [1.807, 2.05) is 13.8 Å². The molecule has 0 radical (unpaired) electrons. The molecular formula is C12H12F3N3O2S. The Balaban J connectivity index is 2.21. The number of aliphatic hydroxyl groups excluding tert-OH is 1. The molecule has 0 saturated heterocycles. The Hall–Kier alpha value is -1.77. The molecule has 114 valence electrons. The topological polar surface area (TPSA) is 74.9 Å². The number of aromatic nitrogens is 1. The number of hydrogen-bond donors (Lipinski definition) is 1. The first-order valence-electron chi connectivity index (χ1n) is 5.98. The molecule has 1 aliphatic rings. The molecule has 0 spiro atoms. The van der Waals surface area contributed by atoms with Crippen molar-refractivity contribution in [3.8, 4) is 0 Å². The molecule has 1 aliphatic carbocycles. The van der Waals surface area contributed by atoms with Gasteiger partial charge in [-0.05, 0) is 5.41 Å². The van der Waals surface area contributed by atoms with Gasteiger partial charge in [-0.3, -0.25) is 4.79 Å². The molecule has 5 nitrogen and oxygen atoms in total. The van der Waals surface area contributed by atoms with Gasteiger partial charge in [0.15, 0.2) is 17.2 Å². The number of allylic oxidation sites excluding steroid dienone is 2. The van der Waals surface area contributed by atoms with Gasteiger partial charge in [0.1, 0.15) is 5.76 Å². The normalized spacial score (nSPS) is 19.6. The fraction of sp³-hybridized carbons (Fsp3) is 0.500. The lowest BCUT2D eigenvalue weighted by Gasteiger charge is -2.27. The summed E-state index contributed by atoms with van der Waals surface area (Å²) >= 11 is 0.660. The molecule has 2 rings (SSSR count). The predicted molar refractivity (Wildman–Crippen MR) is 69.3 cm³/mol. The molecule has 1 N–H and O–H groups in total. The SMILES string of the molecule is CC1(C)CC(=O)C(N=Nc2nc(C(F)(F)F)cs2)=C(O)C1.